The summed E-state index contributed by atoms with van der Waals surface area (Å²) in [5.74, 6) is -0.124. The molecule has 8 heteroatoms. The van der Waals surface area contributed by atoms with E-state index in [2.05, 4.69) is 4.99 Å². The van der Waals surface area contributed by atoms with Gasteiger partial charge in [0.15, 0.2) is 4.80 Å². The molecule has 1 aliphatic rings. The van der Waals surface area contributed by atoms with Crippen molar-refractivity contribution >= 4 is 45.0 Å². The van der Waals surface area contributed by atoms with E-state index in [1.165, 1.54) is 11.3 Å². The maximum atomic E-state index is 12.6. The Hall–Kier alpha value is -3.26. The fourth-order valence-corrected chi connectivity index (χ4v) is 4.24. The number of rotatable bonds is 3. The molecule has 0 unspecified atom stereocenters. The van der Waals surface area contributed by atoms with Gasteiger partial charge in [-0.1, -0.05) is 17.4 Å². The number of para-hydroxylation sites is 1. The molecule has 4 rings (SSSR count). The Morgan fingerprint density at radius 3 is 2.39 bits per heavy atom. The molecule has 1 fully saturated rings. The quantitative estimate of drug-likeness (QED) is 0.639. The summed E-state index contributed by atoms with van der Waals surface area (Å²) < 4.78 is 8.18. The van der Waals surface area contributed by atoms with E-state index in [4.69, 9.17) is 4.74 Å². The molecule has 0 N–H and O–H groups in total. The fraction of sp³-hybridized carbons (Fsp3) is 0.200. The Labute approximate surface area is 164 Å². The zero-order chi connectivity index (χ0) is 19.8. The molecule has 1 saturated heterocycles. The molecule has 2 heterocycles. The third-order valence-electron chi connectivity index (χ3n) is 4.63. The number of hydrogen-bond donors (Lipinski definition) is 0. The van der Waals surface area contributed by atoms with E-state index in [1.54, 1.807) is 31.4 Å². The first-order valence-electron chi connectivity index (χ1n) is 8.67. The number of amides is 3. The molecule has 2 aromatic carbocycles. The molecule has 3 amide bonds. The minimum Gasteiger partial charge on any atom is -0.495 e. The number of carbonyl (C=O) groups excluding carboxylic acids is 3. The van der Waals surface area contributed by atoms with E-state index in [1.807, 2.05) is 29.8 Å². The van der Waals surface area contributed by atoms with E-state index >= 15 is 0 Å². The Morgan fingerprint density at radius 2 is 1.75 bits per heavy atom. The van der Waals surface area contributed by atoms with Crippen molar-refractivity contribution in [3.63, 3.8) is 0 Å². The molecule has 0 atom stereocenters. The van der Waals surface area contributed by atoms with Gasteiger partial charge in [-0.2, -0.15) is 4.99 Å². The van der Waals surface area contributed by atoms with Gasteiger partial charge in [0, 0.05) is 25.5 Å². The second-order valence-corrected chi connectivity index (χ2v) is 7.35. The van der Waals surface area contributed by atoms with E-state index in [-0.39, 0.29) is 24.7 Å². The summed E-state index contributed by atoms with van der Waals surface area (Å²) in [6, 6.07) is 12.0. The number of aromatic nitrogens is 1. The Balaban J connectivity index is 1.67. The van der Waals surface area contributed by atoms with Crippen molar-refractivity contribution in [2.45, 2.75) is 12.8 Å². The van der Waals surface area contributed by atoms with Gasteiger partial charge >= 0.3 is 0 Å². The smallest absolute Gasteiger partial charge is 0.279 e. The van der Waals surface area contributed by atoms with Crippen molar-refractivity contribution in [2.75, 3.05) is 12.0 Å². The van der Waals surface area contributed by atoms with Gasteiger partial charge in [-0.3, -0.25) is 19.3 Å². The SMILES string of the molecule is COc1cccc2sc(=NC(=O)c3ccc(N4C(=O)CCC4=O)cc3)n(C)c12. The summed E-state index contributed by atoms with van der Waals surface area (Å²) in [6.45, 7) is 0. The molecule has 142 valence electrons. The van der Waals surface area contributed by atoms with Gasteiger partial charge in [-0.15, -0.1) is 0 Å². The summed E-state index contributed by atoms with van der Waals surface area (Å²) in [7, 11) is 3.44. The van der Waals surface area contributed by atoms with Gasteiger partial charge in [0.1, 0.15) is 11.3 Å². The highest BCUT2D eigenvalue weighted by molar-refractivity contribution is 7.16. The van der Waals surface area contributed by atoms with Crippen molar-refractivity contribution in [1.29, 1.82) is 0 Å². The van der Waals surface area contributed by atoms with E-state index < -0.39 is 5.91 Å². The zero-order valence-corrected chi connectivity index (χ0v) is 16.2. The first kappa shape index (κ1) is 18.1. The van der Waals surface area contributed by atoms with E-state index in [0.29, 0.717) is 16.1 Å². The van der Waals surface area contributed by atoms with Crippen LogP contribution in [0.1, 0.15) is 23.2 Å². The Morgan fingerprint density at radius 1 is 1.07 bits per heavy atom. The number of imide groups is 1. The zero-order valence-electron chi connectivity index (χ0n) is 15.3. The molecular weight excluding hydrogens is 378 g/mol. The van der Waals surface area contributed by atoms with Crippen LogP contribution in [0.5, 0.6) is 5.75 Å². The second kappa shape index (κ2) is 7.05. The van der Waals surface area contributed by atoms with Crippen LogP contribution in [-0.4, -0.2) is 29.4 Å². The highest BCUT2D eigenvalue weighted by Gasteiger charge is 2.30. The van der Waals surface area contributed by atoms with E-state index in [9.17, 15) is 14.4 Å². The average Bonchev–Trinajstić information content (AvgIpc) is 3.20. The van der Waals surface area contributed by atoms with Crippen LogP contribution < -0.4 is 14.4 Å². The number of ether oxygens (including phenoxy) is 1. The predicted molar refractivity (Wildman–Crippen MR) is 105 cm³/mol. The van der Waals surface area contributed by atoms with E-state index in [0.717, 1.165) is 20.9 Å². The Bertz CT molecular complexity index is 1160. The summed E-state index contributed by atoms with van der Waals surface area (Å²) in [4.78, 5) is 42.2. The lowest BCUT2D eigenvalue weighted by Gasteiger charge is -2.13. The minimum atomic E-state index is -0.397. The Kier molecular flexibility index (Phi) is 4.56. The topological polar surface area (TPSA) is 81.0 Å². The molecular formula is C20H17N3O4S. The molecule has 28 heavy (non-hydrogen) atoms. The van der Waals surface area contributed by atoms with Crippen LogP contribution in [-0.2, 0) is 16.6 Å². The molecule has 3 aromatic rings. The number of benzene rings is 2. The first-order chi connectivity index (χ1) is 13.5. The minimum absolute atomic E-state index is 0.222. The maximum Gasteiger partial charge on any atom is 0.279 e. The number of nitrogens with zero attached hydrogens (tertiary/aromatic N) is 3. The van der Waals surface area contributed by atoms with Gasteiger partial charge in [-0.05, 0) is 36.4 Å². The third-order valence-corrected chi connectivity index (χ3v) is 5.72. The summed E-state index contributed by atoms with van der Waals surface area (Å²) in [6.07, 6.45) is 0.446. The molecule has 0 aliphatic carbocycles. The number of aryl methyl sites for hydroxylation is 1. The van der Waals surface area contributed by atoms with Crippen LogP contribution in [0, 0.1) is 0 Å². The fourth-order valence-electron chi connectivity index (χ4n) is 3.21. The van der Waals surface area contributed by atoms with Crippen molar-refractivity contribution in [2.24, 2.45) is 12.0 Å². The molecule has 7 nitrogen and oxygen atoms in total. The number of carbonyl (C=O) groups is 3. The predicted octanol–water partition coefficient (Wildman–Crippen LogP) is 2.64. The molecule has 1 aromatic heterocycles. The maximum absolute atomic E-state index is 12.6. The summed E-state index contributed by atoms with van der Waals surface area (Å²) >= 11 is 1.40. The van der Waals surface area contributed by atoms with Gasteiger partial charge in [0.05, 0.1) is 17.5 Å². The van der Waals surface area contributed by atoms with Crippen LogP contribution in [0.25, 0.3) is 10.2 Å². The monoisotopic (exact) mass is 395 g/mol. The van der Waals surface area contributed by atoms with Crippen molar-refractivity contribution in [3.05, 3.63) is 52.8 Å². The lowest BCUT2D eigenvalue weighted by molar-refractivity contribution is -0.121. The standard InChI is InChI=1S/C20H17N3O4S/c1-22-18-14(27-2)4-3-5-15(18)28-20(22)21-19(26)12-6-8-13(9-7-12)23-16(24)10-11-17(23)25/h3-9H,10-11H2,1-2H3. The van der Waals surface area contributed by atoms with Crippen molar-refractivity contribution in [3.8, 4) is 5.75 Å². The average molecular weight is 395 g/mol. The van der Waals surface area contributed by atoms with Gasteiger partial charge in [0.2, 0.25) is 11.8 Å². The molecule has 1 aliphatic heterocycles. The molecule has 0 saturated carbocycles. The first-order valence-corrected chi connectivity index (χ1v) is 9.48. The molecule has 0 bridgehead atoms. The van der Waals surface area contributed by atoms with Gasteiger partial charge < -0.3 is 9.30 Å². The number of fused-ring (bicyclic) bond motifs is 1. The van der Waals surface area contributed by atoms with Crippen LogP contribution in [0.4, 0.5) is 5.69 Å². The van der Waals surface area contributed by atoms with Crippen molar-refractivity contribution in [1.82, 2.24) is 4.57 Å². The van der Waals surface area contributed by atoms with Crippen LogP contribution in [0.2, 0.25) is 0 Å². The van der Waals surface area contributed by atoms with Crippen molar-refractivity contribution < 1.29 is 19.1 Å². The molecule has 0 spiro atoms. The van der Waals surface area contributed by atoms with Gasteiger partial charge in [-0.25, -0.2) is 0 Å². The lowest BCUT2D eigenvalue weighted by Crippen LogP contribution is -2.28. The highest BCUT2D eigenvalue weighted by atomic mass is 32.1. The third kappa shape index (κ3) is 3.01. The van der Waals surface area contributed by atoms with Crippen LogP contribution in [0.3, 0.4) is 0 Å². The van der Waals surface area contributed by atoms with Crippen LogP contribution >= 0.6 is 11.3 Å². The summed E-state index contributed by atoms with van der Waals surface area (Å²) in [5.41, 5.74) is 1.73. The van der Waals surface area contributed by atoms with Gasteiger partial charge in [0.25, 0.3) is 5.91 Å². The van der Waals surface area contributed by atoms with Crippen LogP contribution in [0.15, 0.2) is 47.5 Å². The largest absolute Gasteiger partial charge is 0.495 e. The number of hydrogen-bond acceptors (Lipinski definition) is 5. The second-order valence-electron chi connectivity index (χ2n) is 6.34. The number of methoxy groups -OCH3 is 1. The number of anilines is 1. The lowest BCUT2D eigenvalue weighted by atomic mass is 10.2. The summed E-state index contributed by atoms with van der Waals surface area (Å²) in [5, 5.41) is 0. The number of thiazole rings is 1. The normalized spacial score (nSPS) is 14.9. The highest BCUT2D eigenvalue weighted by Crippen LogP contribution is 2.26. The molecule has 0 radical (unpaired) electrons.